The van der Waals surface area contributed by atoms with Gasteiger partial charge in [-0.3, -0.25) is 4.79 Å². The van der Waals surface area contributed by atoms with Crippen molar-refractivity contribution in [1.29, 1.82) is 0 Å². The Kier molecular flexibility index (Phi) is 6.99. The minimum atomic E-state index is -0.460. The summed E-state index contributed by atoms with van der Waals surface area (Å²) in [7, 11) is 0. The Morgan fingerprint density at radius 3 is 2.52 bits per heavy atom. The highest BCUT2D eigenvalue weighted by Crippen LogP contribution is 2.20. The van der Waals surface area contributed by atoms with Crippen LogP contribution in [0.4, 0.5) is 4.39 Å². The second-order valence-corrected chi connectivity index (χ2v) is 6.37. The lowest BCUT2D eigenvalue weighted by Crippen LogP contribution is -2.04. The van der Waals surface area contributed by atoms with E-state index in [-0.39, 0.29) is 18.0 Å². The van der Waals surface area contributed by atoms with E-state index in [9.17, 15) is 9.18 Å². The molecule has 0 fully saturated rings. The smallest absolute Gasteiger partial charge is 0.167 e. The van der Waals surface area contributed by atoms with Crippen molar-refractivity contribution in [3.63, 3.8) is 0 Å². The van der Waals surface area contributed by atoms with Crippen molar-refractivity contribution in [2.75, 3.05) is 11.9 Å². The molecular formula is C18H15Br2FO2. The summed E-state index contributed by atoms with van der Waals surface area (Å²) in [5.74, 6) is -0.326. The highest BCUT2D eigenvalue weighted by molar-refractivity contribution is 9.10. The van der Waals surface area contributed by atoms with Gasteiger partial charge in [0.15, 0.2) is 17.3 Å². The molecule has 0 saturated carbocycles. The molecular weight excluding hydrogens is 427 g/mol. The lowest BCUT2D eigenvalue weighted by atomic mass is 10.0. The van der Waals surface area contributed by atoms with E-state index in [4.69, 9.17) is 4.74 Å². The van der Waals surface area contributed by atoms with Gasteiger partial charge in [-0.2, -0.15) is 0 Å². The Hall–Kier alpha value is -1.46. The number of hydrogen-bond acceptors (Lipinski definition) is 2. The number of ether oxygens (including phenoxy) is 1. The number of rotatable bonds is 7. The van der Waals surface area contributed by atoms with Gasteiger partial charge in [-0.1, -0.05) is 62.2 Å². The maximum atomic E-state index is 14.0. The first-order chi connectivity index (χ1) is 11.1. The number of carbonyl (C=O) groups excluding carboxylic acids is 1. The molecule has 0 aliphatic carbocycles. The molecule has 0 atom stereocenters. The van der Waals surface area contributed by atoms with E-state index < -0.39 is 5.82 Å². The third-order valence-electron chi connectivity index (χ3n) is 3.12. The van der Waals surface area contributed by atoms with Crippen LogP contribution in [0.1, 0.15) is 15.9 Å². The normalized spacial score (nSPS) is 10.9. The lowest BCUT2D eigenvalue weighted by molar-refractivity contribution is 0.0993. The molecule has 0 amide bonds. The summed E-state index contributed by atoms with van der Waals surface area (Å²) in [4.78, 5) is 12.2. The van der Waals surface area contributed by atoms with Gasteiger partial charge in [-0.15, -0.1) is 0 Å². The van der Waals surface area contributed by atoms with Gasteiger partial charge in [-0.05, 0) is 29.8 Å². The van der Waals surface area contributed by atoms with Gasteiger partial charge in [0.2, 0.25) is 0 Å². The van der Waals surface area contributed by atoms with Crippen LogP contribution in [0.15, 0.2) is 59.1 Å². The lowest BCUT2D eigenvalue weighted by Gasteiger charge is -2.07. The average Bonchev–Trinajstić information content (AvgIpc) is 2.54. The minimum Gasteiger partial charge on any atom is -0.486 e. The molecule has 2 aromatic rings. The molecule has 23 heavy (non-hydrogen) atoms. The fraction of sp³-hybridized carbons (Fsp3) is 0.167. The van der Waals surface area contributed by atoms with Gasteiger partial charge in [0.25, 0.3) is 0 Å². The third-order valence-corrected chi connectivity index (χ3v) is 4.02. The van der Waals surface area contributed by atoms with E-state index in [0.717, 1.165) is 9.80 Å². The van der Waals surface area contributed by atoms with Crippen molar-refractivity contribution in [1.82, 2.24) is 0 Å². The molecule has 2 rings (SSSR count). The molecule has 0 heterocycles. The van der Waals surface area contributed by atoms with E-state index in [1.54, 1.807) is 30.3 Å². The predicted octanol–water partition coefficient (Wildman–Crippen LogP) is 5.34. The maximum absolute atomic E-state index is 14.0. The monoisotopic (exact) mass is 440 g/mol. The van der Waals surface area contributed by atoms with Crippen LogP contribution < -0.4 is 4.74 Å². The Bertz CT molecular complexity index is 697. The number of allylic oxidation sites excluding steroid dienone is 1. The van der Waals surface area contributed by atoms with Gasteiger partial charge >= 0.3 is 0 Å². The first kappa shape index (κ1) is 17.9. The second-order valence-electron chi connectivity index (χ2n) is 4.81. The van der Waals surface area contributed by atoms with Crippen molar-refractivity contribution in [2.24, 2.45) is 0 Å². The van der Waals surface area contributed by atoms with Gasteiger partial charge in [0.05, 0.1) is 0 Å². The number of hydrogen-bond donors (Lipinski definition) is 0. The van der Waals surface area contributed by atoms with E-state index in [1.165, 1.54) is 6.07 Å². The van der Waals surface area contributed by atoms with Gasteiger partial charge in [0, 0.05) is 21.8 Å². The molecule has 0 N–H and O–H groups in total. The summed E-state index contributed by atoms with van der Waals surface area (Å²) in [6.07, 6.45) is 3.84. The summed E-state index contributed by atoms with van der Waals surface area (Å²) >= 11 is 6.58. The van der Waals surface area contributed by atoms with E-state index in [2.05, 4.69) is 31.9 Å². The molecule has 0 saturated heterocycles. The van der Waals surface area contributed by atoms with Crippen LogP contribution in [0.3, 0.4) is 0 Å². The summed E-state index contributed by atoms with van der Waals surface area (Å²) in [6.45, 7) is 0.305. The Morgan fingerprint density at radius 1 is 1.13 bits per heavy atom. The zero-order chi connectivity index (χ0) is 16.7. The topological polar surface area (TPSA) is 26.3 Å². The van der Waals surface area contributed by atoms with Crippen LogP contribution in [0.5, 0.6) is 5.75 Å². The number of carbonyl (C=O) groups is 1. The number of benzene rings is 2. The van der Waals surface area contributed by atoms with Gasteiger partial charge < -0.3 is 4.74 Å². The standard InChI is InChI=1S/C18H15Br2FO2/c19-9-1-2-10-23-18-8-3-13(11-16(18)21)12-17(22)14-4-6-15(20)7-5-14/h1-8,11H,9-10,12H2. The quantitative estimate of drug-likeness (QED) is 0.329. The van der Waals surface area contributed by atoms with E-state index in [1.807, 2.05) is 18.2 Å². The zero-order valence-corrected chi connectivity index (χ0v) is 15.4. The largest absolute Gasteiger partial charge is 0.486 e. The van der Waals surface area contributed by atoms with Crippen LogP contribution in [0, 0.1) is 5.82 Å². The minimum absolute atomic E-state index is 0.0502. The molecule has 0 aliphatic rings. The molecule has 0 unspecified atom stereocenters. The van der Waals surface area contributed by atoms with Crippen LogP contribution in [-0.2, 0) is 6.42 Å². The Balaban J connectivity index is 2.01. The van der Waals surface area contributed by atoms with Crippen molar-refractivity contribution in [2.45, 2.75) is 6.42 Å². The number of alkyl halides is 1. The molecule has 0 aliphatic heterocycles. The Labute approximate surface area is 151 Å². The number of Topliss-reactive ketones (excluding diaryl/α,β-unsaturated/α-hetero) is 1. The summed E-state index contributed by atoms with van der Waals surface area (Å²) in [5, 5.41) is 0.732. The molecule has 0 aromatic heterocycles. The molecule has 5 heteroatoms. The van der Waals surface area contributed by atoms with Crippen molar-refractivity contribution in [3.8, 4) is 5.75 Å². The fourth-order valence-corrected chi connectivity index (χ4v) is 2.49. The summed E-state index contributed by atoms with van der Waals surface area (Å²) < 4.78 is 20.2. The maximum Gasteiger partial charge on any atom is 0.167 e. The summed E-state index contributed by atoms with van der Waals surface area (Å²) in [5.41, 5.74) is 1.23. The molecule has 2 nitrogen and oxygen atoms in total. The Morgan fingerprint density at radius 2 is 1.87 bits per heavy atom. The summed E-state index contributed by atoms with van der Waals surface area (Å²) in [6, 6.07) is 11.7. The van der Waals surface area contributed by atoms with Crippen LogP contribution in [0.25, 0.3) is 0 Å². The first-order valence-corrected chi connectivity index (χ1v) is 8.92. The van der Waals surface area contributed by atoms with Crippen LogP contribution >= 0.6 is 31.9 Å². The highest BCUT2D eigenvalue weighted by Gasteiger charge is 2.10. The SMILES string of the molecule is O=C(Cc1ccc(OCC=CCBr)c(F)c1)c1ccc(Br)cc1. The number of halogens is 3. The van der Waals surface area contributed by atoms with Crippen LogP contribution in [0.2, 0.25) is 0 Å². The predicted molar refractivity (Wildman–Crippen MR) is 97.0 cm³/mol. The molecule has 0 radical (unpaired) electrons. The van der Waals surface area contributed by atoms with Crippen molar-refractivity contribution < 1.29 is 13.9 Å². The van der Waals surface area contributed by atoms with Gasteiger partial charge in [0.1, 0.15) is 6.61 Å². The highest BCUT2D eigenvalue weighted by atomic mass is 79.9. The third kappa shape index (κ3) is 5.59. The van der Waals surface area contributed by atoms with Crippen molar-refractivity contribution >= 4 is 37.6 Å². The molecule has 0 spiro atoms. The van der Waals surface area contributed by atoms with Gasteiger partial charge in [-0.25, -0.2) is 4.39 Å². The fourth-order valence-electron chi connectivity index (χ4n) is 1.96. The molecule has 2 aromatic carbocycles. The van der Waals surface area contributed by atoms with E-state index >= 15 is 0 Å². The van der Waals surface area contributed by atoms with Crippen molar-refractivity contribution in [3.05, 3.63) is 76.0 Å². The molecule has 0 bridgehead atoms. The molecule has 120 valence electrons. The van der Waals surface area contributed by atoms with E-state index in [0.29, 0.717) is 17.7 Å². The second kappa shape index (κ2) is 8.99. The number of ketones is 1. The van der Waals surface area contributed by atoms with Crippen LogP contribution in [-0.4, -0.2) is 17.7 Å². The average molecular weight is 442 g/mol. The zero-order valence-electron chi connectivity index (χ0n) is 12.3. The first-order valence-electron chi connectivity index (χ1n) is 7.01.